The van der Waals surface area contributed by atoms with Crippen LogP contribution in [0, 0.1) is 0 Å². The predicted molar refractivity (Wildman–Crippen MR) is 86.7 cm³/mol. The number of ether oxygens (including phenoxy) is 1. The zero-order valence-electron chi connectivity index (χ0n) is 12.7. The van der Waals surface area contributed by atoms with Gasteiger partial charge in [-0.1, -0.05) is 11.6 Å². The van der Waals surface area contributed by atoms with Gasteiger partial charge >= 0.3 is 0 Å². The van der Waals surface area contributed by atoms with E-state index in [4.69, 9.17) is 20.9 Å². The Kier molecular flexibility index (Phi) is 5.17. The molecule has 2 aromatic rings. The minimum atomic E-state index is -0.671. The van der Waals surface area contributed by atoms with Gasteiger partial charge in [0.05, 0.1) is 31.9 Å². The van der Waals surface area contributed by atoms with Gasteiger partial charge in [-0.25, -0.2) is 0 Å². The summed E-state index contributed by atoms with van der Waals surface area (Å²) in [5, 5.41) is 10.8. The van der Waals surface area contributed by atoms with Crippen molar-refractivity contribution in [2.24, 2.45) is 0 Å². The summed E-state index contributed by atoms with van der Waals surface area (Å²) in [6.07, 6.45) is -0.671. The fourth-order valence-corrected chi connectivity index (χ4v) is 2.71. The molecule has 0 aliphatic carbocycles. The van der Waals surface area contributed by atoms with Crippen LogP contribution in [-0.4, -0.2) is 53.7 Å². The van der Waals surface area contributed by atoms with Crippen molar-refractivity contribution in [1.29, 1.82) is 0 Å². The summed E-state index contributed by atoms with van der Waals surface area (Å²) in [6.45, 7) is 3.55. The molecule has 124 valence electrons. The summed E-state index contributed by atoms with van der Waals surface area (Å²) in [7, 11) is 0. The van der Waals surface area contributed by atoms with E-state index >= 15 is 0 Å². The molecule has 1 fully saturated rings. The lowest BCUT2D eigenvalue weighted by atomic mass is 10.2. The van der Waals surface area contributed by atoms with Crippen molar-refractivity contribution in [3.63, 3.8) is 0 Å². The van der Waals surface area contributed by atoms with Crippen LogP contribution in [0.4, 0.5) is 0 Å². The van der Waals surface area contributed by atoms with E-state index < -0.39 is 6.10 Å². The standard InChI is InChI=1S/C16H19ClN2O4/c17-13-3-1-12(2-4-13)15-9-16(21)19(23-15)11-14(20)10-18-5-7-22-8-6-18/h1-4,9,14,20H,5-8,10-11H2. The molecule has 1 aromatic carbocycles. The molecule has 23 heavy (non-hydrogen) atoms. The molecule has 1 saturated heterocycles. The van der Waals surface area contributed by atoms with E-state index in [-0.39, 0.29) is 12.1 Å². The van der Waals surface area contributed by atoms with Crippen molar-refractivity contribution in [3.8, 4) is 11.3 Å². The topological polar surface area (TPSA) is 67.8 Å². The van der Waals surface area contributed by atoms with Crippen molar-refractivity contribution in [3.05, 3.63) is 45.7 Å². The maximum atomic E-state index is 12.0. The van der Waals surface area contributed by atoms with E-state index in [0.29, 0.717) is 30.5 Å². The van der Waals surface area contributed by atoms with Crippen molar-refractivity contribution in [2.45, 2.75) is 12.6 Å². The second kappa shape index (κ2) is 7.31. The summed E-state index contributed by atoms with van der Waals surface area (Å²) in [5.74, 6) is 0.463. The normalized spacial score (nSPS) is 17.3. The molecule has 7 heteroatoms. The highest BCUT2D eigenvalue weighted by molar-refractivity contribution is 6.30. The molecule has 1 unspecified atom stereocenters. The molecule has 0 bridgehead atoms. The molecule has 1 aliphatic rings. The fourth-order valence-electron chi connectivity index (χ4n) is 2.58. The number of benzene rings is 1. The number of nitrogens with zero attached hydrogens (tertiary/aromatic N) is 2. The highest BCUT2D eigenvalue weighted by Gasteiger charge is 2.17. The van der Waals surface area contributed by atoms with Crippen molar-refractivity contribution in [2.75, 3.05) is 32.8 Å². The Morgan fingerprint density at radius 2 is 1.87 bits per heavy atom. The molecule has 3 rings (SSSR count). The fraction of sp³-hybridized carbons (Fsp3) is 0.438. The number of hydrogen-bond acceptors (Lipinski definition) is 5. The van der Waals surface area contributed by atoms with Crippen LogP contribution in [0.5, 0.6) is 0 Å². The molecule has 2 heterocycles. The summed E-state index contributed by atoms with van der Waals surface area (Å²) < 4.78 is 12.0. The Labute approximate surface area is 138 Å². The van der Waals surface area contributed by atoms with Crippen molar-refractivity contribution in [1.82, 2.24) is 9.64 Å². The molecular weight excluding hydrogens is 320 g/mol. The summed E-state index contributed by atoms with van der Waals surface area (Å²) in [4.78, 5) is 14.1. The molecular formula is C16H19ClN2O4. The molecule has 1 N–H and O–H groups in total. The first-order valence-electron chi connectivity index (χ1n) is 7.57. The number of aliphatic hydroxyl groups is 1. The van der Waals surface area contributed by atoms with Crippen LogP contribution >= 0.6 is 11.6 Å². The van der Waals surface area contributed by atoms with Crippen LogP contribution < -0.4 is 5.56 Å². The van der Waals surface area contributed by atoms with Gasteiger partial charge in [-0.3, -0.25) is 9.69 Å². The van der Waals surface area contributed by atoms with E-state index in [0.717, 1.165) is 18.7 Å². The lowest BCUT2D eigenvalue weighted by Gasteiger charge is -2.28. The SMILES string of the molecule is O=c1cc(-c2ccc(Cl)cc2)on1CC(O)CN1CCOCC1. The quantitative estimate of drug-likeness (QED) is 0.894. The Morgan fingerprint density at radius 1 is 1.17 bits per heavy atom. The minimum absolute atomic E-state index is 0.129. The van der Waals surface area contributed by atoms with Gasteiger partial charge in [0.1, 0.15) is 0 Å². The molecule has 6 nitrogen and oxygen atoms in total. The maximum absolute atomic E-state index is 12.0. The average Bonchev–Trinajstić information content (AvgIpc) is 2.90. The second-order valence-corrected chi connectivity index (χ2v) is 6.01. The number of rotatable bonds is 5. The monoisotopic (exact) mass is 338 g/mol. The van der Waals surface area contributed by atoms with E-state index in [2.05, 4.69) is 4.90 Å². The highest BCUT2D eigenvalue weighted by Crippen LogP contribution is 2.20. The van der Waals surface area contributed by atoms with Crippen LogP contribution in [0.1, 0.15) is 0 Å². The molecule has 1 atom stereocenters. The third-order valence-corrected chi connectivity index (χ3v) is 4.04. The van der Waals surface area contributed by atoms with E-state index in [1.807, 2.05) is 0 Å². The van der Waals surface area contributed by atoms with Crippen molar-refractivity contribution < 1.29 is 14.4 Å². The average molecular weight is 339 g/mol. The zero-order chi connectivity index (χ0) is 16.2. The molecule has 1 aliphatic heterocycles. The number of morpholine rings is 1. The van der Waals surface area contributed by atoms with Crippen LogP contribution in [-0.2, 0) is 11.3 Å². The molecule has 0 radical (unpaired) electrons. The van der Waals surface area contributed by atoms with Crippen molar-refractivity contribution >= 4 is 11.6 Å². The van der Waals surface area contributed by atoms with Gasteiger partial charge in [-0.05, 0) is 24.3 Å². The van der Waals surface area contributed by atoms with Crippen LogP contribution in [0.25, 0.3) is 11.3 Å². The van der Waals surface area contributed by atoms with Crippen LogP contribution in [0.3, 0.4) is 0 Å². The van der Waals surface area contributed by atoms with Gasteiger partial charge in [0.25, 0.3) is 5.56 Å². The Morgan fingerprint density at radius 3 is 2.57 bits per heavy atom. The van der Waals surface area contributed by atoms with Gasteiger partial charge in [0.2, 0.25) is 0 Å². The summed E-state index contributed by atoms with van der Waals surface area (Å²) in [5.41, 5.74) is 0.504. The third-order valence-electron chi connectivity index (χ3n) is 3.79. The number of aromatic nitrogens is 1. The molecule has 1 aromatic heterocycles. The van der Waals surface area contributed by atoms with Gasteiger partial charge in [0, 0.05) is 30.2 Å². The summed E-state index contributed by atoms with van der Waals surface area (Å²) in [6, 6.07) is 8.47. The number of aliphatic hydroxyl groups excluding tert-OH is 1. The van der Waals surface area contributed by atoms with E-state index in [1.54, 1.807) is 24.3 Å². The van der Waals surface area contributed by atoms with Gasteiger partial charge in [-0.2, -0.15) is 4.74 Å². The van der Waals surface area contributed by atoms with Crippen LogP contribution in [0.2, 0.25) is 5.02 Å². The third kappa shape index (κ3) is 4.23. The number of hydrogen-bond donors (Lipinski definition) is 1. The lowest BCUT2D eigenvalue weighted by molar-refractivity contribution is 0.00611. The summed E-state index contributed by atoms with van der Waals surface area (Å²) >= 11 is 5.85. The lowest BCUT2D eigenvalue weighted by Crippen LogP contribution is -2.42. The van der Waals surface area contributed by atoms with Gasteiger partial charge < -0.3 is 14.4 Å². The second-order valence-electron chi connectivity index (χ2n) is 5.57. The molecule has 0 spiro atoms. The Hall–Kier alpha value is -1.60. The minimum Gasteiger partial charge on any atom is -0.390 e. The maximum Gasteiger partial charge on any atom is 0.283 e. The first kappa shape index (κ1) is 16.3. The largest absolute Gasteiger partial charge is 0.390 e. The van der Waals surface area contributed by atoms with Gasteiger partial charge in [0.15, 0.2) is 5.76 Å². The Bertz CT molecular complexity index is 689. The van der Waals surface area contributed by atoms with E-state index in [1.165, 1.54) is 10.8 Å². The number of halogens is 1. The molecule has 0 amide bonds. The Balaban J connectivity index is 1.66. The highest BCUT2D eigenvalue weighted by atomic mass is 35.5. The van der Waals surface area contributed by atoms with Crippen LogP contribution in [0.15, 0.2) is 39.6 Å². The number of β-amino-alcohol motifs (C(OH)–C–C–N with tert-alkyl or cyclic N) is 1. The van der Waals surface area contributed by atoms with E-state index in [9.17, 15) is 9.90 Å². The smallest absolute Gasteiger partial charge is 0.283 e. The first-order valence-corrected chi connectivity index (χ1v) is 7.95. The first-order chi connectivity index (χ1) is 11.1. The predicted octanol–water partition coefficient (Wildman–Crippen LogP) is 1.45. The molecule has 0 saturated carbocycles. The zero-order valence-corrected chi connectivity index (χ0v) is 13.4. The van der Waals surface area contributed by atoms with Gasteiger partial charge in [-0.15, -0.1) is 0 Å².